The molecule has 1 atom stereocenters. The Morgan fingerprint density at radius 3 is 2.42 bits per heavy atom. The van der Waals surface area contributed by atoms with Crippen LogP contribution in [0.3, 0.4) is 0 Å². The minimum absolute atomic E-state index is 0.0259. The topological polar surface area (TPSA) is 90.9 Å². The highest BCUT2D eigenvalue weighted by atomic mass is 16.6. The molecule has 1 N–H and O–H groups in total. The molecule has 2 rings (SSSR count). The van der Waals surface area contributed by atoms with E-state index in [1.165, 1.54) is 0 Å². The molecule has 0 aliphatic rings. The molecule has 0 radical (unpaired) electrons. The van der Waals surface area contributed by atoms with Crippen LogP contribution in [0.4, 0.5) is 4.79 Å². The number of nitrogens with one attached hydrogen (secondary N) is 1. The normalized spacial score (nSPS) is 12.4. The Bertz CT molecular complexity index is 957. The average Bonchev–Trinajstić information content (AvgIpc) is 2.85. The first kappa shape index (κ1) is 25.9. The Kier molecular flexibility index (Phi) is 10.4. The molecule has 0 aromatic heterocycles. The minimum Gasteiger partial charge on any atom is -0.461 e. The van der Waals surface area contributed by atoms with Crippen LogP contribution in [0.25, 0.3) is 10.8 Å². The van der Waals surface area contributed by atoms with Crippen molar-refractivity contribution < 1.29 is 28.6 Å². The van der Waals surface area contributed by atoms with Crippen LogP contribution in [0.5, 0.6) is 0 Å². The van der Waals surface area contributed by atoms with Gasteiger partial charge in [-0.25, -0.2) is 14.4 Å². The van der Waals surface area contributed by atoms with E-state index < -0.39 is 23.4 Å². The maximum Gasteiger partial charge on any atom is 0.407 e. The number of fused-ring (bicyclic) bond motifs is 1. The van der Waals surface area contributed by atoms with Gasteiger partial charge in [0, 0.05) is 11.5 Å². The van der Waals surface area contributed by atoms with Gasteiger partial charge < -0.3 is 19.5 Å². The molecule has 0 saturated heterocycles. The number of carbonyl (C=O) groups excluding carboxylic acids is 3. The van der Waals surface area contributed by atoms with Gasteiger partial charge >= 0.3 is 18.0 Å². The molecular formula is C26H33NO6. The zero-order chi connectivity index (χ0) is 24.1. The van der Waals surface area contributed by atoms with Crippen LogP contribution < -0.4 is 5.32 Å². The number of alkyl carbamates (subject to hydrolysis) is 1. The van der Waals surface area contributed by atoms with E-state index in [0.717, 1.165) is 36.1 Å². The van der Waals surface area contributed by atoms with Crippen LogP contribution in [0.15, 0.2) is 55.1 Å². The molecule has 1 amide bonds. The molecule has 0 fully saturated rings. The summed E-state index contributed by atoms with van der Waals surface area (Å²) < 4.78 is 15.9. The van der Waals surface area contributed by atoms with Gasteiger partial charge in [0.2, 0.25) is 0 Å². The smallest absolute Gasteiger partial charge is 0.407 e. The summed E-state index contributed by atoms with van der Waals surface area (Å²) in [4.78, 5) is 35.8. The number of hydrogen-bond acceptors (Lipinski definition) is 6. The van der Waals surface area contributed by atoms with Crippen molar-refractivity contribution in [1.29, 1.82) is 0 Å². The standard InChI is InChI=1S/C26H33NO6/c1-4-7-14-26(6-3,19-33-25(30)27-15-16-31-23(28)5-2)18-32-24(29)22-13-12-20-10-8-9-11-21(20)17-22/h5,8-13,17H,2,4,6-7,14-16,18-19H2,1,3H3,(H,27,30). The predicted molar refractivity (Wildman–Crippen MR) is 127 cm³/mol. The summed E-state index contributed by atoms with van der Waals surface area (Å²) >= 11 is 0. The maximum atomic E-state index is 12.7. The fourth-order valence-electron chi connectivity index (χ4n) is 3.37. The lowest BCUT2D eigenvalue weighted by Crippen LogP contribution is -2.37. The van der Waals surface area contributed by atoms with E-state index in [-0.39, 0.29) is 26.4 Å². The van der Waals surface area contributed by atoms with Crippen molar-refractivity contribution >= 4 is 28.8 Å². The summed E-state index contributed by atoms with van der Waals surface area (Å²) in [5.41, 5.74) is 0.0109. The van der Waals surface area contributed by atoms with E-state index >= 15 is 0 Å². The highest BCUT2D eigenvalue weighted by Crippen LogP contribution is 2.30. The predicted octanol–water partition coefficient (Wildman–Crippen LogP) is 5.04. The van der Waals surface area contributed by atoms with Crippen LogP contribution in [-0.4, -0.2) is 44.4 Å². The maximum absolute atomic E-state index is 12.7. The van der Waals surface area contributed by atoms with Crippen LogP contribution >= 0.6 is 0 Å². The average molecular weight is 456 g/mol. The molecule has 33 heavy (non-hydrogen) atoms. The molecule has 178 valence electrons. The summed E-state index contributed by atoms with van der Waals surface area (Å²) in [6.07, 6.45) is 3.78. The van der Waals surface area contributed by atoms with Crippen molar-refractivity contribution in [2.45, 2.75) is 39.5 Å². The number of ether oxygens (including phenoxy) is 3. The van der Waals surface area contributed by atoms with Crippen molar-refractivity contribution in [3.63, 3.8) is 0 Å². The molecule has 1 unspecified atom stereocenters. The van der Waals surface area contributed by atoms with Gasteiger partial charge in [-0.3, -0.25) is 0 Å². The molecule has 0 spiro atoms. The number of esters is 2. The van der Waals surface area contributed by atoms with E-state index in [1.54, 1.807) is 6.07 Å². The summed E-state index contributed by atoms with van der Waals surface area (Å²) in [7, 11) is 0. The Morgan fingerprint density at radius 2 is 1.73 bits per heavy atom. The molecule has 0 saturated carbocycles. The Morgan fingerprint density at radius 1 is 1.00 bits per heavy atom. The lowest BCUT2D eigenvalue weighted by molar-refractivity contribution is -0.137. The first-order valence-electron chi connectivity index (χ1n) is 11.3. The fourth-order valence-corrected chi connectivity index (χ4v) is 3.37. The van der Waals surface area contributed by atoms with Gasteiger partial charge in [0.1, 0.15) is 19.8 Å². The number of hydrogen-bond donors (Lipinski definition) is 1. The minimum atomic E-state index is -0.611. The van der Waals surface area contributed by atoms with Crippen molar-refractivity contribution in [3.8, 4) is 0 Å². The number of benzene rings is 2. The van der Waals surface area contributed by atoms with Crippen LogP contribution in [0, 0.1) is 5.41 Å². The molecule has 0 bridgehead atoms. The van der Waals surface area contributed by atoms with Gasteiger partial charge in [-0.15, -0.1) is 0 Å². The van der Waals surface area contributed by atoms with E-state index in [1.807, 2.05) is 43.3 Å². The monoisotopic (exact) mass is 455 g/mol. The van der Waals surface area contributed by atoms with E-state index in [2.05, 4.69) is 18.8 Å². The second-order valence-corrected chi connectivity index (χ2v) is 7.97. The SMILES string of the molecule is C=CC(=O)OCCNC(=O)OCC(CC)(CCCC)COC(=O)c1ccc2ccccc2c1. The van der Waals surface area contributed by atoms with E-state index in [4.69, 9.17) is 14.2 Å². The first-order chi connectivity index (χ1) is 15.9. The molecule has 0 aliphatic heterocycles. The molecule has 2 aromatic carbocycles. The summed E-state index contributed by atoms with van der Waals surface area (Å²) in [6.45, 7) is 7.81. The quantitative estimate of drug-likeness (QED) is 0.197. The first-order valence-corrected chi connectivity index (χ1v) is 11.3. The third kappa shape index (κ3) is 8.25. The lowest BCUT2D eigenvalue weighted by Gasteiger charge is -2.31. The van der Waals surface area contributed by atoms with Crippen LogP contribution in [0.1, 0.15) is 49.9 Å². The second kappa shape index (κ2) is 13.3. The Labute approximate surface area is 195 Å². The molecule has 0 aliphatic carbocycles. The van der Waals surface area contributed by atoms with Crippen LogP contribution in [0.2, 0.25) is 0 Å². The number of unbranched alkanes of at least 4 members (excludes halogenated alkanes) is 1. The van der Waals surface area contributed by atoms with Gasteiger partial charge in [-0.2, -0.15) is 0 Å². The number of rotatable bonds is 13. The van der Waals surface area contributed by atoms with Crippen molar-refractivity contribution in [2.24, 2.45) is 5.41 Å². The van der Waals surface area contributed by atoms with Gasteiger partial charge in [0.15, 0.2) is 0 Å². The molecule has 0 heterocycles. The third-order valence-electron chi connectivity index (χ3n) is 5.60. The van der Waals surface area contributed by atoms with Crippen molar-refractivity contribution in [3.05, 3.63) is 60.7 Å². The number of carbonyl (C=O) groups is 3. The summed E-state index contributed by atoms with van der Waals surface area (Å²) in [5.74, 6) is -0.952. The highest BCUT2D eigenvalue weighted by Gasteiger charge is 2.32. The second-order valence-electron chi connectivity index (χ2n) is 7.97. The number of amides is 1. The molecule has 2 aromatic rings. The van der Waals surface area contributed by atoms with Gasteiger partial charge in [-0.05, 0) is 35.7 Å². The van der Waals surface area contributed by atoms with Crippen molar-refractivity contribution in [2.75, 3.05) is 26.4 Å². The van der Waals surface area contributed by atoms with Crippen molar-refractivity contribution in [1.82, 2.24) is 5.32 Å². The van der Waals surface area contributed by atoms with E-state index in [0.29, 0.717) is 12.0 Å². The summed E-state index contributed by atoms with van der Waals surface area (Å²) in [6, 6.07) is 13.3. The van der Waals surface area contributed by atoms with E-state index in [9.17, 15) is 14.4 Å². The van der Waals surface area contributed by atoms with Gasteiger partial charge in [0.25, 0.3) is 0 Å². The highest BCUT2D eigenvalue weighted by molar-refractivity contribution is 5.95. The van der Waals surface area contributed by atoms with Gasteiger partial charge in [0.05, 0.1) is 12.1 Å². The lowest BCUT2D eigenvalue weighted by atomic mass is 9.81. The molecule has 7 nitrogen and oxygen atoms in total. The molecule has 7 heteroatoms. The third-order valence-corrected chi connectivity index (χ3v) is 5.60. The Hall–Kier alpha value is -3.35. The summed E-state index contributed by atoms with van der Waals surface area (Å²) in [5, 5.41) is 4.57. The molecular weight excluding hydrogens is 422 g/mol. The zero-order valence-electron chi connectivity index (χ0n) is 19.4. The fraction of sp³-hybridized carbons (Fsp3) is 0.423. The zero-order valence-corrected chi connectivity index (χ0v) is 19.4. The van der Waals surface area contributed by atoms with Gasteiger partial charge in [-0.1, -0.05) is 63.6 Å². The Balaban J connectivity index is 1.94. The van der Waals surface area contributed by atoms with Crippen LogP contribution in [-0.2, 0) is 19.0 Å². The largest absolute Gasteiger partial charge is 0.461 e.